The number of methoxy groups -OCH3 is 1. The van der Waals surface area contributed by atoms with Gasteiger partial charge in [-0.25, -0.2) is 22.0 Å². The number of hydrogen-bond donors (Lipinski definition) is 0. The molecule has 144 valence electrons. The summed E-state index contributed by atoms with van der Waals surface area (Å²) in [6.07, 6.45) is 0.0793. The van der Waals surface area contributed by atoms with E-state index in [0.717, 1.165) is 0 Å². The molecule has 11 heteroatoms. The number of hydrogen-bond acceptors (Lipinski definition) is 4. The van der Waals surface area contributed by atoms with Gasteiger partial charge in [-0.1, -0.05) is 12.1 Å². The first-order chi connectivity index (χ1) is 12.7. The van der Waals surface area contributed by atoms with Crippen molar-refractivity contribution >= 4 is 17.3 Å². The van der Waals surface area contributed by atoms with E-state index in [2.05, 4.69) is 0 Å². The van der Waals surface area contributed by atoms with Crippen molar-refractivity contribution in [2.24, 2.45) is 0 Å². The van der Waals surface area contributed by atoms with Gasteiger partial charge in [-0.2, -0.15) is 0 Å². The maximum Gasteiger partial charge on any atom is 0.441 e. The van der Waals surface area contributed by atoms with Gasteiger partial charge in [0.05, 0.1) is 29.9 Å². The maximum absolute atomic E-state index is 13.7. The Kier molecular flexibility index (Phi) is 6.39. The first kappa shape index (κ1) is 20.6. The van der Waals surface area contributed by atoms with Crippen LogP contribution in [0, 0.1) is 39.2 Å². The van der Waals surface area contributed by atoms with Crippen LogP contribution in [0.15, 0.2) is 29.3 Å². The second-order valence-electron chi connectivity index (χ2n) is 5.06. The molecule has 1 unspecified atom stereocenters. The molecule has 0 heterocycles. The lowest BCUT2D eigenvalue weighted by Crippen LogP contribution is -2.15. The Labute approximate surface area is 152 Å². The average Bonchev–Trinajstić information content (AvgIpc) is 2.65. The molecule has 0 fully saturated rings. The van der Waals surface area contributed by atoms with Crippen LogP contribution in [0.1, 0.15) is 11.1 Å². The van der Waals surface area contributed by atoms with Crippen LogP contribution < -0.4 is 4.74 Å². The van der Waals surface area contributed by atoms with Crippen LogP contribution in [-0.4, -0.2) is 16.6 Å². The third-order valence-corrected chi connectivity index (χ3v) is 4.71. The first-order valence-electron chi connectivity index (χ1n) is 7.06. The van der Waals surface area contributed by atoms with Gasteiger partial charge in [0.2, 0.25) is 5.82 Å². The molecule has 0 saturated carbocycles. The van der Waals surface area contributed by atoms with Gasteiger partial charge >= 0.3 is 5.03 Å². The topological polar surface area (TPSA) is 75.4 Å². The summed E-state index contributed by atoms with van der Waals surface area (Å²) >= 11 is -2.43. The van der Waals surface area contributed by atoms with Crippen molar-refractivity contribution in [2.75, 3.05) is 7.11 Å². The van der Waals surface area contributed by atoms with E-state index in [0.29, 0.717) is 11.3 Å². The number of benzene rings is 2. The van der Waals surface area contributed by atoms with E-state index >= 15 is 0 Å². The van der Waals surface area contributed by atoms with Gasteiger partial charge in [-0.05, 0) is 12.1 Å². The van der Waals surface area contributed by atoms with Gasteiger partial charge in [-0.15, -0.1) is 0 Å². The van der Waals surface area contributed by atoms with E-state index < -0.39 is 61.5 Å². The number of rotatable bonds is 6. The van der Waals surface area contributed by atoms with Gasteiger partial charge in [0, 0.05) is 5.56 Å². The second-order valence-corrected chi connectivity index (χ2v) is 6.46. The number of nitro groups is 1. The second kappa shape index (κ2) is 8.35. The van der Waals surface area contributed by atoms with Gasteiger partial charge < -0.3 is 9.29 Å². The van der Waals surface area contributed by atoms with E-state index in [-0.39, 0.29) is 6.08 Å². The average molecular weight is 407 g/mol. The van der Waals surface area contributed by atoms with Crippen molar-refractivity contribution in [3.63, 3.8) is 0 Å². The van der Waals surface area contributed by atoms with Crippen LogP contribution in [0.3, 0.4) is 0 Å². The fourth-order valence-corrected chi connectivity index (χ4v) is 3.08. The Balaban J connectivity index is 2.43. The Hall–Kier alpha value is -2.66. The zero-order valence-electron chi connectivity index (χ0n) is 13.5. The monoisotopic (exact) mass is 407 g/mol. The summed E-state index contributed by atoms with van der Waals surface area (Å²) in [5, 5.41) is 9.90. The first-order valence-corrected chi connectivity index (χ1v) is 8.38. The van der Waals surface area contributed by atoms with Gasteiger partial charge in [0.25, 0.3) is 0 Å². The maximum atomic E-state index is 13.7. The van der Waals surface area contributed by atoms with E-state index in [9.17, 15) is 36.6 Å². The molecule has 0 aliphatic heterocycles. The molecule has 2 aromatic rings. The zero-order valence-corrected chi connectivity index (χ0v) is 14.3. The molecular weight excluding hydrogens is 397 g/mol. The van der Waals surface area contributed by atoms with E-state index in [1.54, 1.807) is 0 Å². The summed E-state index contributed by atoms with van der Waals surface area (Å²) in [4.78, 5) is 9.90. The minimum atomic E-state index is -2.43. The molecule has 0 amide bonds. The standard InChI is InChI=1S/C16H10F5NO4S/c1-26-9-4-2-8(3-5-9)7-27(25)11(22(23)24)6-10-12(17)14(19)16(21)15(20)13(10)18/h2-6H,7H2,1H3. The molecule has 1 atom stereocenters. The third-order valence-electron chi connectivity index (χ3n) is 3.38. The Morgan fingerprint density at radius 1 is 1.04 bits per heavy atom. The summed E-state index contributed by atoms with van der Waals surface area (Å²) in [5.41, 5.74) is -1.18. The Morgan fingerprint density at radius 2 is 1.52 bits per heavy atom. The molecule has 0 saturated heterocycles. The zero-order chi connectivity index (χ0) is 20.3. The predicted molar refractivity (Wildman–Crippen MR) is 86.0 cm³/mol. The molecule has 0 N–H and O–H groups in total. The van der Waals surface area contributed by atoms with Crippen LogP contribution in [0.25, 0.3) is 6.08 Å². The highest BCUT2D eigenvalue weighted by Crippen LogP contribution is 2.27. The minimum Gasteiger partial charge on any atom is -0.606 e. The highest BCUT2D eigenvalue weighted by molar-refractivity contribution is 7.94. The van der Waals surface area contributed by atoms with Crippen molar-refractivity contribution in [2.45, 2.75) is 5.75 Å². The summed E-state index contributed by atoms with van der Waals surface area (Å²) in [6.45, 7) is 0. The quantitative estimate of drug-likeness (QED) is 0.182. The molecule has 0 aliphatic rings. The normalized spacial score (nSPS) is 12.8. The number of ether oxygens (including phenoxy) is 1. The fraction of sp³-hybridized carbons (Fsp3) is 0.125. The molecule has 0 aliphatic carbocycles. The fourth-order valence-electron chi connectivity index (χ4n) is 2.02. The smallest absolute Gasteiger partial charge is 0.441 e. The molecular formula is C16H10F5NO4S. The SMILES string of the molecule is COc1ccc(C[S+]([O-])C(=Cc2c(F)c(F)c(F)c(F)c2F)[N+](=O)[O-])cc1. The number of halogens is 5. The van der Waals surface area contributed by atoms with Gasteiger partial charge in [0.15, 0.2) is 23.3 Å². The molecule has 0 radical (unpaired) electrons. The van der Waals surface area contributed by atoms with Crippen molar-refractivity contribution < 1.29 is 36.2 Å². The van der Waals surface area contributed by atoms with E-state index in [1.807, 2.05) is 0 Å². The van der Waals surface area contributed by atoms with Crippen LogP contribution in [-0.2, 0) is 16.9 Å². The molecule has 0 bridgehead atoms. The summed E-state index contributed by atoms with van der Waals surface area (Å²) in [7, 11) is 1.41. The van der Waals surface area contributed by atoms with E-state index in [1.165, 1.54) is 31.4 Å². The molecule has 27 heavy (non-hydrogen) atoms. The van der Waals surface area contributed by atoms with E-state index in [4.69, 9.17) is 4.74 Å². The van der Waals surface area contributed by atoms with Crippen LogP contribution >= 0.6 is 0 Å². The van der Waals surface area contributed by atoms with Crippen LogP contribution in [0.4, 0.5) is 22.0 Å². The summed E-state index contributed by atoms with van der Waals surface area (Å²) in [6, 6.07) is 5.89. The minimum absolute atomic E-state index is 0.0793. The van der Waals surface area contributed by atoms with Crippen molar-refractivity contribution in [1.29, 1.82) is 0 Å². The molecule has 0 spiro atoms. The predicted octanol–water partition coefficient (Wildman–Crippen LogP) is 3.91. The third kappa shape index (κ3) is 4.37. The Bertz CT molecular complexity index is 876. The van der Waals surface area contributed by atoms with Crippen LogP contribution in [0.5, 0.6) is 5.75 Å². The van der Waals surface area contributed by atoms with Crippen molar-refractivity contribution in [1.82, 2.24) is 0 Å². The molecule has 0 aromatic heterocycles. The van der Waals surface area contributed by atoms with Gasteiger partial charge in [-0.3, -0.25) is 10.1 Å². The lowest BCUT2D eigenvalue weighted by atomic mass is 10.1. The lowest BCUT2D eigenvalue weighted by Gasteiger charge is -2.09. The van der Waals surface area contributed by atoms with Crippen molar-refractivity contribution in [3.8, 4) is 5.75 Å². The van der Waals surface area contributed by atoms with Crippen molar-refractivity contribution in [3.05, 3.63) is 79.6 Å². The van der Waals surface area contributed by atoms with Crippen LogP contribution in [0.2, 0.25) is 0 Å². The molecule has 5 nitrogen and oxygen atoms in total. The highest BCUT2D eigenvalue weighted by Gasteiger charge is 2.32. The largest absolute Gasteiger partial charge is 0.606 e. The summed E-state index contributed by atoms with van der Waals surface area (Å²) < 4.78 is 84.1. The van der Waals surface area contributed by atoms with Gasteiger partial charge in [0.1, 0.15) is 16.4 Å². The Morgan fingerprint density at radius 3 is 1.96 bits per heavy atom. The molecule has 2 rings (SSSR count). The lowest BCUT2D eigenvalue weighted by molar-refractivity contribution is -0.410. The summed E-state index contributed by atoms with van der Waals surface area (Å²) in [5.74, 6) is -11.4. The highest BCUT2D eigenvalue weighted by atomic mass is 32.2. The number of nitrogens with zero attached hydrogens (tertiary/aromatic N) is 1. The molecule has 2 aromatic carbocycles.